The Morgan fingerprint density at radius 1 is 1.32 bits per heavy atom. The highest BCUT2D eigenvalue weighted by molar-refractivity contribution is 5.82. The van der Waals surface area contributed by atoms with Gasteiger partial charge in [-0.05, 0) is 29.7 Å². The molecule has 0 atom stereocenters. The van der Waals surface area contributed by atoms with Gasteiger partial charge in [-0.3, -0.25) is 9.78 Å². The van der Waals surface area contributed by atoms with Gasteiger partial charge in [0.15, 0.2) is 11.6 Å². The lowest BCUT2D eigenvalue weighted by molar-refractivity contribution is -0.136. The molecule has 0 aliphatic rings. The maximum Gasteiger partial charge on any atom is 0.311 e. The monoisotopic (exact) mass is 261 g/mol. The number of fused-ring (bicyclic) bond motifs is 1. The standard InChI is InChI=1S/C15H16FNO2/c1-15(2,3)9-13(18)19-12-7-6-11-10(14(12)16)5-4-8-17-11/h4-8H,9H2,1-3H3. The number of nitrogens with zero attached hydrogens (tertiary/aromatic N) is 1. The number of hydrogen-bond acceptors (Lipinski definition) is 3. The molecular weight excluding hydrogens is 245 g/mol. The van der Waals surface area contributed by atoms with E-state index in [4.69, 9.17) is 4.74 Å². The van der Waals surface area contributed by atoms with Crippen LogP contribution in [0, 0.1) is 11.2 Å². The average molecular weight is 261 g/mol. The molecule has 0 N–H and O–H groups in total. The second-order valence-corrected chi connectivity index (χ2v) is 5.66. The number of aromatic nitrogens is 1. The zero-order valence-electron chi connectivity index (χ0n) is 11.2. The highest BCUT2D eigenvalue weighted by atomic mass is 19.1. The minimum Gasteiger partial charge on any atom is -0.423 e. The fourth-order valence-corrected chi connectivity index (χ4v) is 1.77. The first-order valence-corrected chi connectivity index (χ1v) is 6.11. The van der Waals surface area contributed by atoms with Gasteiger partial charge in [0.05, 0.1) is 11.9 Å². The molecule has 19 heavy (non-hydrogen) atoms. The van der Waals surface area contributed by atoms with Gasteiger partial charge >= 0.3 is 5.97 Å². The van der Waals surface area contributed by atoms with E-state index in [2.05, 4.69) is 4.98 Å². The van der Waals surface area contributed by atoms with E-state index in [1.54, 1.807) is 24.4 Å². The van der Waals surface area contributed by atoms with Crippen LogP contribution in [0.25, 0.3) is 10.9 Å². The summed E-state index contributed by atoms with van der Waals surface area (Å²) in [4.78, 5) is 15.8. The van der Waals surface area contributed by atoms with Crippen LogP contribution in [-0.2, 0) is 4.79 Å². The van der Waals surface area contributed by atoms with Gasteiger partial charge in [0.2, 0.25) is 0 Å². The van der Waals surface area contributed by atoms with Gasteiger partial charge in [-0.15, -0.1) is 0 Å². The molecule has 0 unspecified atom stereocenters. The zero-order valence-corrected chi connectivity index (χ0v) is 11.2. The van der Waals surface area contributed by atoms with E-state index in [-0.39, 0.29) is 17.6 Å². The van der Waals surface area contributed by atoms with Gasteiger partial charge < -0.3 is 4.74 Å². The topological polar surface area (TPSA) is 39.2 Å². The van der Waals surface area contributed by atoms with Crippen LogP contribution in [0.2, 0.25) is 0 Å². The van der Waals surface area contributed by atoms with Crippen LogP contribution in [0.5, 0.6) is 5.75 Å². The summed E-state index contributed by atoms with van der Waals surface area (Å²) in [7, 11) is 0. The molecule has 2 aromatic rings. The number of pyridine rings is 1. The highest BCUT2D eigenvalue weighted by Gasteiger charge is 2.19. The molecule has 100 valence electrons. The van der Waals surface area contributed by atoms with Crippen LogP contribution in [0.15, 0.2) is 30.5 Å². The van der Waals surface area contributed by atoms with Gasteiger partial charge in [-0.2, -0.15) is 0 Å². The summed E-state index contributed by atoms with van der Waals surface area (Å²) in [5.74, 6) is -1.03. The number of carbonyl (C=O) groups excluding carboxylic acids is 1. The Bertz CT molecular complexity index is 617. The molecule has 0 saturated heterocycles. The Hall–Kier alpha value is -1.97. The first-order chi connectivity index (χ1) is 8.87. The van der Waals surface area contributed by atoms with E-state index in [1.807, 2.05) is 20.8 Å². The smallest absolute Gasteiger partial charge is 0.311 e. The van der Waals surface area contributed by atoms with Crippen LogP contribution in [0.4, 0.5) is 4.39 Å². The molecule has 1 heterocycles. The fraction of sp³-hybridized carbons (Fsp3) is 0.333. The molecule has 4 heteroatoms. The summed E-state index contributed by atoms with van der Waals surface area (Å²) < 4.78 is 19.2. The highest BCUT2D eigenvalue weighted by Crippen LogP contribution is 2.26. The van der Waals surface area contributed by atoms with Crippen LogP contribution in [-0.4, -0.2) is 11.0 Å². The Balaban J connectivity index is 2.26. The van der Waals surface area contributed by atoms with E-state index in [9.17, 15) is 9.18 Å². The van der Waals surface area contributed by atoms with Crippen molar-refractivity contribution in [1.29, 1.82) is 0 Å². The number of esters is 1. The predicted octanol–water partition coefficient (Wildman–Crippen LogP) is 3.72. The number of ether oxygens (including phenoxy) is 1. The lowest BCUT2D eigenvalue weighted by Gasteiger charge is -2.16. The molecule has 0 aliphatic heterocycles. The number of halogens is 1. The van der Waals surface area contributed by atoms with Crippen molar-refractivity contribution in [1.82, 2.24) is 4.98 Å². The molecule has 0 aliphatic carbocycles. The maximum atomic E-state index is 14.1. The second kappa shape index (κ2) is 4.96. The lowest BCUT2D eigenvalue weighted by atomic mass is 9.92. The van der Waals surface area contributed by atoms with Gasteiger partial charge in [0.1, 0.15) is 0 Å². The first kappa shape index (κ1) is 13.5. The third-order valence-electron chi connectivity index (χ3n) is 2.58. The third kappa shape index (κ3) is 3.28. The Morgan fingerprint density at radius 2 is 2.05 bits per heavy atom. The molecule has 2 rings (SSSR count). The number of benzene rings is 1. The van der Waals surface area contributed by atoms with E-state index in [0.717, 1.165) is 0 Å². The van der Waals surface area contributed by atoms with Crippen LogP contribution >= 0.6 is 0 Å². The molecular formula is C15H16FNO2. The molecule has 0 amide bonds. The van der Waals surface area contributed by atoms with E-state index >= 15 is 0 Å². The van der Waals surface area contributed by atoms with E-state index in [0.29, 0.717) is 10.9 Å². The van der Waals surface area contributed by atoms with Crippen LogP contribution in [0.3, 0.4) is 0 Å². The lowest BCUT2D eigenvalue weighted by Crippen LogP contribution is -2.18. The van der Waals surface area contributed by atoms with Crippen molar-refractivity contribution in [2.75, 3.05) is 0 Å². The Morgan fingerprint density at radius 3 is 2.74 bits per heavy atom. The van der Waals surface area contributed by atoms with Crippen molar-refractivity contribution in [3.05, 3.63) is 36.3 Å². The van der Waals surface area contributed by atoms with Gasteiger partial charge in [-0.25, -0.2) is 4.39 Å². The largest absolute Gasteiger partial charge is 0.423 e. The first-order valence-electron chi connectivity index (χ1n) is 6.11. The quantitative estimate of drug-likeness (QED) is 0.611. The normalized spacial score (nSPS) is 11.6. The molecule has 0 saturated carbocycles. The van der Waals surface area contributed by atoms with Crippen LogP contribution in [0.1, 0.15) is 27.2 Å². The van der Waals surface area contributed by atoms with Crippen molar-refractivity contribution in [2.45, 2.75) is 27.2 Å². The molecule has 0 spiro atoms. The second-order valence-electron chi connectivity index (χ2n) is 5.66. The number of carbonyl (C=O) groups is 1. The van der Waals surface area contributed by atoms with E-state index in [1.165, 1.54) is 6.07 Å². The SMILES string of the molecule is CC(C)(C)CC(=O)Oc1ccc2ncccc2c1F. The summed E-state index contributed by atoms with van der Waals surface area (Å²) >= 11 is 0. The van der Waals surface area contributed by atoms with Gasteiger partial charge in [-0.1, -0.05) is 20.8 Å². The molecule has 1 aromatic heterocycles. The third-order valence-corrected chi connectivity index (χ3v) is 2.58. The molecule has 0 bridgehead atoms. The summed E-state index contributed by atoms with van der Waals surface area (Å²) in [5, 5.41) is 0.351. The maximum absolute atomic E-state index is 14.1. The summed E-state index contributed by atoms with van der Waals surface area (Å²) in [6.07, 6.45) is 1.82. The van der Waals surface area contributed by atoms with Crippen molar-refractivity contribution < 1.29 is 13.9 Å². The molecule has 3 nitrogen and oxygen atoms in total. The summed E-state index contributed by atoms with van der Waals surface area (Å²) in [5.41, 5.74) is 0.349. The molecule has 0 radical (unpaired) electrons. The predicted molar refractivity (Wildman–Crippen MR) is 71.4 cm³/mol. The number of hydrogen-bond donors (Lipinski definition) is 0. The van der Waals surface area contributed by atoms with Gasteiger partial charge in [0, 0.05) is 11.6 Å². The fourth-order valence-electron chi connectivity index (χ4n) is 1.77. The van der Waals surface area contributed by atoms with Crippen LogP contribution < -0.4 is 4.74 Å². The zero-order chi connectivity index (χ0) is 14.0. The van der Waals surface area contributed by atoms with Crippen molar-refractivity contribution >= 4 is 16.9 Å². The summed E-state index contributed by atoms with van der Waals surface area (Å²) in [6, 6.07) is 6.33. The Kier molecular flexibility index (Phi) is 3.51. The average Bonchev–Trinajstić information content (AvgIpc) is 2.31. The van der Waals surface area contributed by atoms with E-state index < -0.39 is 11.8 Å². The minimum atomic E-state index is -0.548. The van der Waals surface area contributed by atoms with Crippen molar-refractivity contribution in [3.8, 4) is 5.75 Å². The summed E-state index contributed by atoms with van der Waals surface area (Å²) in [6.45, 7) is 5.78. The molecule has 0 fully saturated rings. The Labute approximate surface area is 111 Å². The van der Waals surface area contributed by atoms with Crippen molar-refractivity contribution in [3.63, 3.8) is 0 Å². The van der Waals surface area contributed by atoms with Crippen molar-refractivity contribution in [2.24, 2.45) is 5.41 Å². The number of rotatable bonds is 2. The van der Waals surface area contributed by atoms with Gasteiger partial charge in [0.25, 0.3) is 0 Å². The molecule has 1 aromatic carbocycles. The minimum absolute atomic E-state index is 0.0465.